The van der Waals surface area contributed by atoms with Gasteiger partial charge in [-0.3, -0.25) is 4.79 Å². The number of aliphatic carboxylic acids is 1. The lowest BCUT2D eigenvalue weighted by atomic mass is 10.2. The fourth-order valence-corrected chi connectivity index (χ4v) is 0.647. The number of hydrogen-bond acceptors (Lipinski definition) is 3. The predicted octanol–water partition coefficient (Wildman–Crippen LogP) is 0.476. The zero-order valence-electron chi connectivity index (χ0n) is 5.61. The highest BCUT2D eigenvalue weighted by Crippen LogP contribution is 2.00. The Morgan fingerprint density at radius 2 is 2.27 bits per heavy atom. The Morgan fingerprint density at radius 1 is 1.55 bits per heavy atom. The second kappa shape index (κ2) is 3.01. The SMILES string of the molecule is O=C(O)C(=O)Cc1ccco1. The van der Waals surface area contributed by atoms with E-state index in [0.29, 0.717) is 5.76 Å². The molecule has 0 aliphatic carbocycles. The quantitative estimate of drug-likeness (QED) is 0.643. The summed E-state index contributed by atoms with van der Waals surface area (Å²) in [4.78, 5) is 20.6. The van der Waals surface area contributed by atoms with Gasteiger partial charge in [0, 0.05) is 0 Å². The van der Waals surface area contributed by atoms with E-state index in [1.54, 1.807) is 12.1 Å². The minimum absolute atomic E-state index is 0.178. The topological polar surface area (TPSA) is 67.5 Å². The Labute approximate surface area is 62.4 Å². The van der Waals surface area contributed by atoms with Gasteiger partial charge in [-0.15, -0.1) is 0 Å². The van der Waals surface area contributed by atoms with E-state index >= 15 is 0 Å². The van der Waals surface area contributed by atoms with E-state index in [1.165, 1.54) is 6.26 Å². The molecule has 0 fully saturated rings. The van der Waals surface area contributed by atoms with Crippen molar-refractivity contribution in [2.75, 3.05) is 0 Å². The van der Waals surface area contributed by atoms with Crippen LogP contribution in [0.1, 0.15) is 5.76 Å². The maximum atomic E-state index is 10.6. The van der Waals surface area contributed by atoms with Gasteiger partial charge in [-0.25, -0.2) is 4.79 Å². The highest BCUT2D eigenvalue weighted by Gasteiger charge is 2.12. The summed E-state index contributed by atoms with van der Waals surface area (Å²) in [6.45, 7) is 0. The molecule has 0 atom stereocenters. The number of furan rings is 1. The number of carbonyl (C=O) groups is 2. The van der Waals surface area contributed by atoms with Gasteiger partial charge in [-0.05, 0) is 12.1 Å². The molecule has 1 N–H and O–H groups in total. The maximum Gasteiger partial charge on any atom is 0.372 e. The minimum Gasteiger partial charge on any atom is -0.475 e. The Morgan fingerprint density at radius 3 is 2.73 bits per heavy atom. The molecule has 4 heteroatoms. The fraction of sp³-hybridized carbons (Fsp3) is 0.143. The van der Waals surface area contributed by atoms with E-state index in [2.05, 4.69) is 0 Å². The zero-order valence-corrected chi connectivity index (χ0v) is 5.61. The first-order chi connectivity index (χ1) is 5.20. The molecule has 1 rings (SSSR count). The van der Waals surface area contributed by atoms with Gasteiger partial charge in [0.15, 0.2) is 0 Å². The van der Waals surface area contributed by atoms with Crippen molar-refractivity contribution in [3.8, 4) is 0 Å². The molecule has 0 unspecified atom stereocenters. The largest absolute Gasteiger partial charge is 0.475 e. The van der Waals surface area contributed by atoms with Crippen molar-refractivity contribution >= 4 is 11.8 Å². The van der Waals surface area contributed by atoms with E-state index < -0.39 is 11.8 Å². The molecule has 0 saturated carbocycles. The molecule has 4 nitrogen and oxygen atoms in total. The number of Topliss-reactive ketones (excluding diaryl/α,β-unsaturated/α-hetero) is 1. The van der Waals surface area contributed by atoms with Crippen LogP contribution in [0.4, 0.5) is 0 Å². The van der Waals surface area contributed by atoms with Gasteiger partial charge in [0.05, 0.1) is 12.7 Å². The predicted molar refractivity (Wildman–Crippen MR) is 35.1 cm³/mol. The third kappa shape index (κ3) is 1.93. The van der Waals surface area contributed by atoms with E-state index in [-0.39, 0.29) is 6.42 Å². The van der Waals surface area contributed by atoms with Crippen LogP contribution in [0.5, 0.6) is 0 Å². The molecule has 1 aromatic heterocycles. The number of carbonyl (C=O) groups excluding carboxylic acids is 1. The molecule has 58 valence electrons. The summed E-state index contributed by atoms with van der Waals surface area (Å²) in [6, 6.07) is 3.16. The molecular weight excluding hydrogens is 148 g/mol. The summed E-state index contributed by atoms with van der Waals surface area (Å²) in [6.07, 6.45) is 1.22. The normalized spacial score (nSPS) is 9.45. The molecule has 0 aliphatic rings. The van der Waals surface area contributed by atoms with Crippen LogP contribution in [0.2, 0.25) is 0 Å². The van der Waals surface area contributed by atoms with E-state index in [0.717, 1.165) is 0 Å². The maximum absolute atomic E-state index is 10.6. The Hall–Kier alpha value is -1.58. The van der Waals surface area contributed by atoms with Crippen LogP contribution in [0, 0.1) is 0 Å². The zero-order chi connectivity index (χ0) is 8.27. The summed E-state index contributed by atoms with van der Waals surface area (Å²) in [5.74, 6) is -1.92. The van der Waals surface area contributed by atoms with Crippen LogP contribution in [-0.4, -0.2) is 16.9 Å². The van der Waals surface area contributed by atoms with Crippen LogP contribution < -0.4 is 0 Å². The number of carboxylic acid groups (broad SMARTS) is 1. The molecule has 11 heavy (non-hydrogen) atoms. The van der Waals surface area contributed by atoms with Crippen molar-refractivity contribution in [3.63, 3.8) is 0 Å². The van der Waals surface area contributed by atoms with Gasteiger partial charge in [0.2, 0.25) is 5.78 Å². The lowest BCUT2D eigenvalue weighted by Crippen LogP contribution is -2.14. The van der Waals surface area contributed by atoms with Crippen LogP contribution >= 0.6 is 0 Å². The molecule has 1 aromatic rings. The number of carboxylic acids is 1. The summed E-state index contributed by atoms with van der Waals surface area (Å²) < 4.78 is 4.77. The number of hydrogen-bond donors (Lipinski definition) is 1. The lowest BCUT2D eigenvalue weighted by molar-refractivity contribution is -0.148. The molecule has 0 aromatic carbocycles. The van der Waals surface area contributed by atoms with Crippen molar-refractivity contribution in [1.82, 2.24) is 0 Å². The monoisotopic (exact) mass is 154 g/mol. The van der Waals surface area contributed by atoms with E-state index in [1.807, 2.05) is 0 Å². The smallest absolute Gasteiger partial charge is 0.372 e. The third-order valence-corrected chi connectivity index (χ3v) is 1.15. The molecule has 0 aliphatic heterocycles. The van der Waals surface area contributed by atoms with Gasteiger partial charge < -0.3 is 9.52 Å². The minimum atomic E-state index is -1.43. The highest BCUT2D eigenvalue weighted by atomic mass is 16.4. The molecule has 0 spiro atoms. The van der Waals surface area contributed by atoms with Crippen LogP contribution in [0.15, 0.2) is 22.8 Å². The van der Waals surface area contributed by atoms with Crippen molar-refractivity contribution in [1.29, 1.82) is 0 Å². The second-order valence-electron chi connectivity index (χ2n) is 1.98. The van der Waals surface area contributed by atoms with E-state index in [4.69, 9.17) is 9.52 Å². The number of rotatable bonds is 3. The van der Waals surface area contributed by atoms with Crippen LogP contribution in [-0.2, 0) is 16.0 Å². The molecule has 0 radical (unpaired) electrons. The molecule has 0 bridgehead atoms. The summed E-state index contributed by atoms with van der Waals surface area (Å²) in [5.41, 5.74) is 0. The molecular formula is C7H6O4. The first-order valence-corrected chi connectivity index (χ1v) is 2.98. The second-order valence-corrected chi connectivity index (χ2v) is 1.98. The first kappa shape index (κ1) is 7.53. The lowest BCUT2D eigenvalue weighted by Gasteiger charge is -1.89. The first-order valence-electron chi connectivity index (χ1n) is 2.98. The van der Waals surface area contributed by atoms with Gasteiger partial charge in [-0.2, -0.15) is 0 Å². The van der Waals surface area contributed by atoms with Gasteiger partial charge in [0.1, 0.15) is 5.76 Å². The summed E-state index contributed by atoms with van der Waals surface area (Å²) in [7, 11) is 0. The highest BCUT2D eigenvalue weighted by molar-refractivity contribution is 6.33. The van der Waals surface area contributed by atoms with Gasteiger partial charge in [0.25, 0.3) is 0 Å². The Kier molecular flexibility index (Phi) is 2.06. The Bertz CT molecular complexity index is 260. The average Bonchev–Trinajstić information content (AvgIpc) is 2.39. The number of ketones is 1. The molecule has 0 saturated heterocycles. The van der Waals surface area contributed by atoms with Gasteiger partial charge >= 0.3 is 5.97 Å². The molecule has 0 amide bonds. The van der Waals surface area contributed by atoms with Crippen LogP contribution in [0.25, 0.3) is 0 Å². The standard InChI is InChI=1S/C7H6O4/c8-6(7(9)10)4-5-2-1-3-11-5/h1-3H,4H2,(H,9,10). The molecule has 1 heterocycles. The van der Waals surface area contributed by atoms with Crippen LogP contribution in [0.3, 0.4) is 0 Å². The summed E-state index contributed by atoms with van der Waals surface area (Å²) in [5, 5.41) is 8.19. The average molecular weight is 154 g/mol. The summed E-state index contributed by atoms with van der Waals surface area (Å²) >= 11 is 0. The van der Waals surface area contributed by atoms with Crippen molar-refractivity contribution < 1.29 is 19.1 Å². The van der Waals surface area contributed by atoms with Crippen molar-refractivity contribution in [2.24, 2.45) is 0 Å². The van der Waals surface area contributed by atoms with Crippen molar-refractivity contribution in [3.05, 3.63) is 24.2 Å². The fourth-order valence-electron chi connectivity index (χ4n) is 0.647. The van der Waals surface area contributed by atoms with Crippen molar-refractivity contribution in [2.45, 2.75) is 6.42 Å². The third-order valence-electron chi connectivity index (χ3n) is 1.15. The van der Waals surface area contributed by atoms with Gasteiger partial charge in [-0.1, -0.05) is 0 Å². The Balaban J connectivity index is 2.57. The van der Waals surface area contributed by atoms with E-state index in [9.17, 15) is 9.59 Å².